The summed E-state index contributed by atoms with van der Waals surface area (Å²) in [4.78, 5) is 22.5. The van der Waals surface area contributed by atoms with Crippen molar-refractivity contribution < 1.29 is 18.3 Å². The number of aryl methyl sites for hydroxylation is 1. The molecule has 7 nitrogen and oxygen atoms in total. The van der Waals surface area contributed by atoms with E-state index in [1.807, 2.05) is 0 Å². The van der Waals surface area contributed by atoms with Gasteiger partial charge in [-0.15, -0.1) is 0 Å². The summed E-state index contributed by atoms with van der Waals surface area (Å²) in [6, 6.07) is 10.1. The number of carbonyl (C=O) groups excluding carboxylic acids is 1. The Morgan fingerprint density at radius 3 is 2.69 bits per heavy atom. The largest absolute Gasteiger partial charge is 0.494 e. The number of aromatic nitrogens is 2. The summed E-state index contributed by atoms with van der Waals surface area (Å²) in [5.74, 6) is -1.23. The number of rotatable bonds is 5. The first-order valence-corrected chi connectivity index (χ1v) is 10.1. The summed E-state index contributed by atoms with van der Waals surface area (Å²) < 4.78 is 33.5. The van der Waals surface area contributed by atoms with Crippen molar-refractivity contribution in [2.75, 3.05) is 25.1 Å². The summed E-state index contributed by atoms with van der Waals surface area (Å²) >= 11 is 0. The number of ether oxygens (including phenoxy) is 1. The molecule has 4 rings (SSSR count). The van der Waals surface area contributed by atoms with Crippen molar-refractivity contribution in [3.05, 3.63) is 65.0 Å². The molecule has 2 heterocycles. The smallest absolute Gasteiger partial charge is 0.279 e. The lowest BCUT2D eigenvalue weighted by Gasteiger charge is -2.28. The van der Waals surface area contributed by atoms with Gasteiger partial charge < -0.3 is 19.9 Å². The van der Waals surface area contributed by atoms with Gasteiger partial charge in [0, 0.05) is 29.6 Å². The summed E-state index contributed by atoms with van der Waals surface area (Å²) in [7, 11) is 1.38. The zero-order valence-corrected chi connectivity index (χ0v) is 17.6. The SMILES string of the molecule is COc1ccc(N(C(=O)c2nc(-c3ccc(C#N)c(F)c3)[nH]c2C)[C@@H]2CCNC2)cc1F. The van der Waals surface area contributed by atoms with E-state index >= 15 is 0 Å². The van der Waals surface area contributed by atoms with E-state index < -0.39 is 17.5 Å². The number of hydrogen-bond acceptors (Lipinski definition) is 5. The predicted molar refractivity (Wildman–Crippen MR) is 114 cm³/mol. The fourth-order valence-corrected chi connectivity index (χ4v) is 3.83. The van der Waals surface area contributed by atoms with E-state index in [2.05, 4.69) is 15.3 Å². The van der Waals surface area contributed by atoms with Gasteiger partial charge in [0.15, 0.2) is 11.6 Å². The summed E-state index contributed by atoms with van der Waals surface area (Å²) in [6.45, 7) is 3.00. The number of anilines is 1. The third-order valence-electron chi connectivity index (χ3n) is 5.48. The van der Waals surface area contributed by atoms with Gasteiger partial charge in [-0.25, -0.2) is 13.8 Å². The molecule has 1 saturated heterocycles. The topological polar surface area (TPSA) is 94.0 Å². The number of methoxy groups -OCH3 is 1. The molecule has 3 aromatic rings. The number of aromatic amines is 1. The Labute approximate surface area is 183 Å². The van der Waals surface area contributed by atoms with Gasteiger partial charge in [-0.2, -0.15) is 5.26 Å². The van der Waals surface area contributed by atoms with Gasteiger partial charge in [0.1, 0.15) is 23.4 Å². The molecule has 1 fully saturated rings. The minimum absolute atomic E-state index is 0.0743. The first kappa shape index (κ1) is 21.5. The highest BCUT2D eigenvalue weighted by atomic mass is 19.1. The van der Waals surface area contributed by atoms with Crippen molar-refractivity contribution in [2.45, 2.75) is 19.4 Å². The highest BCUT2D eigenvalue weighted by molar-refractivity contribution is 6.06. The van der Waals surface area contributed by atoms with Gasteiger partial charge >= 0.3 is 0 Å². The van der Waals surface area contributed by atoms with Gasteiger partial charge in [-0.05, 0) is 50.2 Å². The Morgan fingerprint density at radius 1 is 1.25 bits per heavy atom. The Morgan fingerprint density at radius 2 is 2.06 bits per heavy atom. The minimum atomic E-state index is -0.667. The van der Waals surface area contributed by atoms with Crippen molar-refractivity contribution in [3.8, 4) is 23.2 Å². The molecule has 2 aromatic carbocycles. The maximum absolute atomic E-state index is 14.4. The number of imidazole rings is 1. The lowest BCUT2D eigenvalue weighted by Crippen LogP contribution is -2.42. The minimum Gasteiger partial charge on any atom is -0.494 e. The molecule has 0 saturated carbocycles. The molecule has 0 radical (unpaired) electrons. The Balaban J connectivity index is 1.72. The Kier molecular flexibility index (Phi) is 5.88. The summed E-state index contributed by atoms with van der Waals surface area (Å²) in [5, 5.41) is 12.1. The molecule has 0 bridgehead atoms. The first-order chi connectivity index (χ1) is 15.4. The highest BCUT2D eigenvalue weighted by Crippen LogP contribution is 2.29. The molecule has 1 aliphatic rings. The highest BCUT2D eigenvalue weighted by Gasteiger charge is 2.32. The van der Waals surface area contributed by atoms with Crippen LogP contribution in [0.5, 0.6) is 5.75 Å². The van der Waals surface area contributed by atoms with Crippen LogP contribution in [0.15, 0.2) is 36.4 Å². The average Bonchev–Trinajstić information content (AvgIpc) is 3.44. The monoisotopic (exact) mass is 437 g/mol. The molecule has 0 aliphatic carbocycles. The number of H-pyrrole nitrogens is 1. The van der Waals surface area contributed by atoms with Crippen LogP contribution in [0.25, 0.3) is 11.4 Å². The first-order valence-electron chi connectivity index (χ1n) is 10.1. The van der Waals surface area contributed by atoms with Gasteiger partial charge in [0.25, 0.3) is 5.91 Å². The van der Waals surface area contributed by atoms with Crippen LogP contribution < -0.4 is 15.0 Å². The van der Waals surface area contributed by atoms with Crippen LogP contribution in [-0.2, 0) is 0 Å². The second kappa shape index (κ2) is 8.77. The predicted octanol–water partition coefficient (Wildman–Crippen LogP) is 3.55. The molecule has 32 heavy (non-hydrogen) atoms. The van der Waals surface area contributed by atoms with Gasteiger partial charge in [-0.3, -0.25) is 4.79 Å². The second-order valence-electron chi connectivity index (χ2n) is 7.51. The third kappa shape index (κ3) is 3.92. The van der Waals surface area contributed by atoms with Crippen LogP contribution in [0, 0.1) is 29.9 Å². The second-order valence-corrected chi connectivity index (χ2v) is 7.51. The molecule has 1 amide bonds. The maximum atomic E-state index is 14.4. The van der Waals surface area contributed by atoms with Crippen molar-refractivity contribution in [3.63, 3.8) is 0 Å². The van der Waals surface area contributed by atoms with Crippen LogP contribution in [0.3, 0.4) is 0 Å². The number of hydrogen-bond donors (Lipinski definition) is 2. The quantitative estimate of drug-likeness (QED) is 0.637. The molecule has 1 aliphatic heterocycles. The zero-order chi connectivity index (χ0) is 22.8. The van der Waals surface area contributed by atoms with Crippen molar-refractivity contribution in [2.24, 2.45) is 0 Å². The van der Waals surface area contributed by atoms with Gasteiger partial charge in [-0.1, -0.05) is 0 Å². The van der Waals surface area contributed by atoms with E-state index in [1.54, 1.807) is 25.1 Å². The van der Waals surface area contributed by atoms with Crippen molar-refractivity contribution in [1.82, 2.24) is 15.3 Å². The van der Waals surface area contributed by atoms with E-state index in [-0.39, 0.29) is 23.0 Å². The van der Waals surface area contributed by atoms with E-state index in [4.69, 9.17) is 10.00 Å². The number of nitriles is 1. The number of benzene rings is 2. The van der Waals surface area contributed by atoms with Crippen LogP contribution in [-0.4, -0.2) is 42.1 Å². The fraction of sp³-hybridized carbons (Fsp3) is 0.261. The molecule has 9 heteroatoms. The zero-order valence-electron chi connectivity index (χ0n) is 17.6. The average molecular weight is 437 g/mol. The van der Waals surface area contributed by atoms with Crippen LogP contribution in [0.4, 0.5) is 14.5 Å². The van der Waals surface area contributed by atoms with Crippen molar-refractivity contribution in [1.29, 1.82) is 5.26 Å². The maximum Gasteiger partial charge on any atom is 0.279 e. The number of carbonyl (C=O) groups is 1. The molecule has 0 spiro atoms. The van der Waals surface area contributed by atoms with Crippen LogP contribution in [0.1, 0.15) is 28.2 Å². The van der Waals surface area contributed by atoms with Gasteiger partial charge in [0.2, 0.25) is 0 Å². The van der Waals surface area contributed by atoms with Gasteiger partial charge in [0.05, 0.1) is 18.7 Å². The summed E-state index contributed by atoms with van der Waals surface area (Å²) in [6.07, 6.45) is 0.705. The molecule has 0 unspecified atom stereocenters. The van der Waals surface area contributed by atoms with E-state index in [0.717, 1.165) is 6.54 Å². The lowest BCUT2D eigenvalue weighted by atomic mass is 10.1. The molecule has 2 N–H and O–H groups in total. The standard InChI is InChI=1S/C23H21F2N5O2/c1-13-21(29-22(28-13)14-3-4-15(11-26)18(24)9-14)23(31)30(17-7-8-27-12-17)16-5-6-20(32-2)19(25)10-16/h3-6,9-10,17,27H,7-8,12H2,1-2H3,(H,28,29)/t17-/m1/s1. The lowest BCUT2D eigenvalue weighted by molar-refractivity contribution is 0.0973. The molecular formula is C23H21F2N5O2. The summed E-state index contributed by atoms with van der Waals surface area (Å²) in [5.41, 5.74) is 1.39. The Hall–Kier alpha value is -3.77. The molecular weight excluding hydrogens is 416 g/mol. The fourth-order valence-electron chi connectivity index (χ4n) is 3.83. The normalized spacial score (nSPS) is 15.4. The number of amides is 1. The number of nitrogens with zero attached hydrogens (tertiary/aromatic N) is 3. The van der Waals surface area contributed by atoms with Crippen LogP contribution >= 0.6 is 0 Å². The van der Waals surface area contributed by atoms with Crippen LogP contribution in [0.2, 0.25) is 0 Å². The van der Waals surface area contributed by atoms with E-state index in [9.17, 15) is 13.6 Å². The molecule has 1 atom stereocenters. The molecule has 164 valence electrons. The number of halogens is 2. The van der Waals surface area contributed by atoms with E-state index in [0.29, 0.717) is 35.7 Å². The van der Waals surface area contributed by atoms with Crippen molar-refractivity contribution >= 4 is 11.6 Å². The molecule has 1 aromatic heterocycles. The third-order valence-corrected chi connectivity index (χ3v) is 5.48. The Bertz CT molecular complexity index is 1210. The number of nitrogens with one attached hydrogen (secondary N) is 2. The van der Waals surface area contributed by atoms with E-state index in [1.165, 1.54) is 36.3 Å².